The van der Waals surface area contributed by atoms with E-state index in [1.807, 2.05) is 36.2 Å². The number of carboxylic acid groups (broad SMARTS) is 1. The Hall–Kier alpha value is -1.70. The topological polar surface area (TPSA) is 69.1 Å². The summed E-state index contributed by atoms with van der Waals surface area (Å²) in [6.45, 7) is 4.78. The molecule has 2 fully saturated rings. The van der Waals surface area contributed by atoms with Gasteiger partial charge in [0.1, 0.15) is 5.82 Å². The lowest BCUT2D eigenvalue weighted by molar-refractivity contribution is -0.138. The van der Waals surface area contributed by atoms with Crippen molar-refractivity contribution in [3.05, 3.63) is 23.9 Å². The maximum absolute atomic E-state index is 11.1. The summed E-state index contributed by atoms with van der Waals surface area (Å²) in [4.78, 5) is 22.0. The van der Waals surface area contributed by atoms with Crippen LogP contribution < -0.4 is 4.90 Å². The minimum absolute atomic E-state index is 0.111. The minimum atomic E-state index is -0.758. The van der Waals surface area contributed by atoms with E-state index in [-0.39, 0.29) is 12.6 Å². The summed E-state index contributed by atoms with van der Waals surface area (Å²) in [7, 11) is 3.96. The lowest BCUT2D eigenvalue weighted by Crippen LogP contribution is -2.44. The van der Waals surface area contributed by atoms with Gasteiger partial charge in [-0.2, -0.15) is 0 Å². The molecule has 0 aromatic carbocycles. The Kier molecular flexibility index (Phi) is 5.33. The number of aromatic nitrogens is 1. The number of anilines is 1. The van der Waals surface area contributed by atoms with Gasteiger partial charge in [-0.3, -0.25) is 14.6 Å². The molecule has 0 spiro atoms. The van der Waals surface area contributed by atoms with Gasteiger partial charge in [0, 0.05) is 58.4 Å². The van der Waals surface area contributed by atoms with E-state index in [4.69, 9.17) is 9.84 Å². The van der Waals surface area contributed by atoms with E-state index in [0.717, 1.165) is 32.0 Å². The number of pyridine rings is 1. The predicted molar refractivity (Wildman–Crippen MR) is 91.1 cm³/mol. The first kappa shape index (κ1) is 17.1. The van der Waals surface area contributed by atoms with Crippen molar-refractivity contribution in [2.24, 2.45) is 5.92 Å². The van der Waals surface area contributed by atoms with E-state index < -0.39 is 5.97 Å². The molecule has 1 N–H and O–H groups in total. The minimum Gasteiger partial charge on any atom is -0.480 e. The average Bonchev–Trinajstić information content (AvgIpc) is 2.77. The van der Waals surface area contributed by atoms with Crippen molar-refractivity contribution >= 4 is 11.8 Å². The van der Waals surface area contributed by atoms with Gasteiger partial charge in [0.25, 0.3) is 0 Å². The monoisotopic (exact) mass is 334 g/mol. The van der Waals surface area contributed by atoms with Crippen LogP contribution in [0.25, 0.3) is 0 Å². The van der Waals surface area contributed by atoms with Crippen molar-refractivity contribution in [3.8, 4) is 0 Å². The Balaban J connectivity index is 1.69. The highest BCUT2D eigenvalue weighted by Gasteiger charge is 2.33. The molecule has 3 heterocycles. The van der Waals surface area contributed by atoms with Gasteiger partial charge in [0.2, 0.25) is 0 Å². The number of nitrogens with zero attached hydrogens (tertiary/aromatic N) is 4. The molecule has 2 aliphatic rings. The van der Waals surface area contributed by atoms with E-state index in [0.29, 0.717) is 19.1 Å². The number of aliphatic carboxylic acids is 1. The van der Waals surface area contributed by atoms with Crippen LogP contribution in [0.3, 0.4) is 0 Å². The van der Waals surface area contributed by atoms with Crippen LogP contribution in [-0.2, 0) is 16.1 Å². The highest BCUT2D eigenvalue weighted by molar-refractivity contribution is 5.69. The van der Waals surface area contributed by atoms with E-state index >= 15 is 0 Å². The summed E-state index contributed by atoms with van der Waals surface area (Å²) in [5.74, 6) is 0.543. The van der Waals surface area contributed by atoms with E-state index in [1.165, 1.54) is 5.56 Å². The smallest absolute Gasteiger partial charge is 0.317 e. The average molecular weight is 334 g/mol. The lowest BCUT2D eigenvalue weighted by Gasteiger charge is -2.30. The summed E-state index contributed by atoms with van der Waals surface area (Å²) >= 11 is 0. The molecule has 0 aliphatic carbocycles. The number of fused-ring (bicyclic) bond motifs is 3. The fourth-order valence-electron chi connectivity index (χ4n) is 3.55. The maximum Gasteiger partial charge on any atom is 0.317 e. The largest absolute Gasteiger partial charge is 0.480 e. The van der Waals surface area contributed by atoms with Crippen LogP contribution in [0.5, 0.6) is 0 Å². The Morgan fingerprint density at radius 2 is 2.17 bits per heavy atom. The molecule has 1 aromatic rings. The number of ether oxygens (including phenoxy) is 1. The molecule has 0 radical (unpaired) electrons. The highest BCUT2D eigenvalue weighted by Crippen LogP contribution is 2.22. The molecular formula is C17H26N4O3. The third-order valence-corrected chi connectivity index (χ3v) is 4.67. The zero-order valence-corrected chi connectivity index (χ0v) is 14.4. The van der Waals surface area contributed by atoms with Gasteiger partial charge in [-0.1, -0.05) is 6.07 Å². The molecule has 7 heteroatoms. The first-order chi connectivity index (χ1) is 11.5. The van der Waals surface area contributed by atoms with Crippen molar-refractivity contribution in [2.45, 2.75) is 12.6 Å². The number of hydrogen-bond donors (Lipinski definition) is 1. The molecule has 1 aromatic heterocycles. The van der Waals surface area contributed by atoms with Gasteiger partial charge in [-0.05, 0) is 11.6 Å². The van der Waals surface area contributed by atoms with Gasteiger partial charge in [0.05, 0.1) is 19.8 Å². The summed E-state index contributed by atoms with van der Waals surface area (Å²) in [5.41, 5.74) is 1.18. The molecule has 2 bridgehead atoms. The number of carbonyl (C=O) groups is 1. The summed E-state index contributed by atoms with van der Waals surface area (Å²) < 4.78 is 5.80. The molecule has 3 rings (SSSR count). The summed E-state index contributed by atoms with van der Waals surface area (Å²) in [5, 5.41) is 9.09. The number of rotatable bonds is 5. The van der Waals surface area contributed by atoms with Crippen molar-refractivity contribution < 1.29 is 14.6 Å². The summed E-state index contributed by atoms with van der Waals surface area (Å²) in [6.07, 6.45) is 1.93. The Labute approximate surface area is 142 Å². The van der Waals surface area contributed by atoms with Crippen LogP contribution >= 0.6 is 0 Å². The van der Waals surface area contributed by atoms with Crippen molar-refractivity contribution in [2.75, 3.05) is 58.4 Å². The van der Waals surface area contributed by atoms with Crippen LogP contribution in [0.4, 0.5) is 5.82 Å². The third kappa shape index (κ3) is 4.23. The Morgan fingerprint density at radius 1 is 1.33 bits per heavy atom. The second-order valence-corrected chi connectivity index (χ2v) is 6.99. The van der Waals surface area contributed by atoms with Gasteiger partial charge < -0.3 is 14.7 Å². The zero-order chi connectivity index (χ0) is 17.1. The number of carboxylic acids is 1. The van der Waals surface area contributed by atoms with Crippen LogP contribution in [0, 0.1) is 5.92 Å². The van der Waals surface area contributed by atoms with Gasteiger partial charge >= 0.3 is 5.97 Å². The van der Waals surface area contributed by atoms with Crippen molar-refractivity contribution in [1.82, 2.24) is 14.8 Å². The van der Waals surface area contributed by atoms with Gasteiger partial charge in [-0.15, -0.1) is 0 Å². The van der Waals surface area contributed by atoms with E-state index in [2.05, 4.69) is 16.0 Å². The quantitative estimate of drug-likeness (QED) is 0.834. The molecule has 2 aliphatic heterocycles. The molecule has 2 saturated heterocycles. The van der Waals surface area contributed by atoms with Crippen LogP contribution in [-0.4, -0.2) is 85.4 Å². The van der Waals surface area contributed by atoms with Crippen molar-refractivity contribution in [3.63, 3.8) is 0 Å². The molecule has 7 nitrogen and oxygen atoms in total. The predicted octanol–water partition coefficient (Wildman–Crippen LogP) is 0.365. The van der Waals surface area contributed by atoms with Gasteiger partial charge in [0.15, 0.2) is 0 Å². The number of hydrogen-bond acceptors (Lipinski definition) is 6. The Morgan fingerprint density at radius 3 is 2.83 bits per heavy atom. The molecule has 0 amide bonds. The fourth-order valence-corrected chi connectivity index (χ4v) is 3.55. The normalized spacial score (nSPS) is 25.2. The highest BCUT2D eigenvalue weighted by atomic mass is 16.5. The lowest BCUT2D eigenvalue weighted by atomic mass is 10.1. The molecule has 0 unspecified atom stereocenters. The van der Waals surface area contributed by atoms with Gasteiger partial charge in [-0.25, -0.2) is 4.98 Å². The van der Waals surface area contributed by atoms with Crippen LogP contribution in [0.1, 0.15) is 5.56 Å². The molecule has 2 atom stereocenters. The standard InChI is InChI=1S/C17H26N4O3/c1-19(2)16-4-3-13(5-18-16)7-21-8-14-6-20(10-17(22)23)9-15(21)12-24-11-14/h3-5,14-15H,6-12H2,1-2H3,(H,22,23)/t14-,15-/m0/s1. The fraction of sp³-hybridized carbons (Fsp3) is 0.647. The second kappa shape index (κ2) is 7.46. The summed E-state index contributed by atoms with van der Waals surface area (Å²) in [6, 6.07) is 4.38. The van der Waals surface area contributed by atoms with E-state index in [9.17, 15) is 4.79 Å². The molecular weight excluding hydrogens is 308 g/mol. The molecule has 132 valence electrons. The SMILES string of the molecule is CN(C)c1ccc(CN2C[C@H]3COC[C@@H]2CN(CC(=O)O)C3)cn1. The molecule has 24 heavy (non-hydrogen) atoms. The first-order valence-corrected chi connectivity index (χ1v) is 8.39. The third-order valence-electron chi connectivity index (χ3n) is 4.67. The molecule has 0 saturated carbocycles. The zero-order valence-electron chi connectivity index (χ0n) is 14.4. The van der Waals surface area contributed by atoms with Crippen molar-refractivity contribution in [1.29, 1.82) is 0 Å². The second-order valence-electron chi connectivity index (χ2n) is 6.99. The Bertz CT molecular complexity index is 563. The first-order valence-electron chi connectivity index (χ1n) is 8.39. The van der Waals surface area contributed by atoms with E-state index in [1.54, 1.807) is 0 Å². The van der Waals surface area contributed by atoms with Crippen LogP contribution in [0.15, 0.2) is 18.3 Å². The van der Waals surface area contributed by atoms with Crippen LogP contribution in [0.2, 0.25) is 0 Å². The maximum atomic E-state index is 11.1.